The minimum absolute atomic E-state index is 0.225. The fraction of sp³-hybridized carbons (Fsp3) is 0.917. The van der Waals surface area contributed by atoms with Crippen molar-refractivity contribution in [3.05, 3.63) is 0 Å². The molecule has 0 aromatic heterocycles. The molecule has 0 bridgehead atoms. The third-order valence-corrected chi connectivity index (χ3v) is 3.18. The number of hydrogen-bond acceptors (Lipinski definition) is 1. The number of carbonyl (C=O) groups is 1. The van der Waals surface area contributed by atoms with Crippen molar-refractivity contribution in [2.45, 2.75) is 58.5 Å². The molecule has 2 atom stereocenters. The van der Waals surface area contributed by atoms with Crippen LogP contribution in [0, 0.1) is 11.8 Å². The van der Waals surface area contributed by atoms with Crippen LogP contribution in [0.3, 0.4) is 0 Å². The van der Waals surface area contributed by atoms with Gasteiger partial charge in [-0.3, -0.25) is 4.79 Å². The lowest BCUT2D eigenvalue weighted by atomic mass is 9.79. The Balaban J connectivity index is 2.40. The van der Waals surface area contributed by atoms with Crippen LogP contribution in [-0.2, 0) is 4.79 Å². The van der Waals surface area contributed by atoms with Gasteiger partial charge in [0.2, 0.25) is 0 Å². The zero-order chi connectivity index (χ0) is 10.8. The van der Waals surface area contributed by atoms with E-state index in [0.717, 1.165) is 12.8 Å². The molecule has 82 valence electrons. The molecule has 0 spiro atoms. The summed E-state index contributed by atoms with van der Waals surface area (Å²) in [5, 5.41) is 0. The number of Topliss-reactive ketones (excluding diaryl/α,β-unsaturated/α-hetero) is 1. The normalized spacial score (nSPS) is 28.9. The van der Waals surface area contributed by atoms with Crippen molar-refractivity contribution in [1.29, 1.82) is 0 Å². The van der Waals surface area contributed by atoms with Gasteiger partial charge in [-0.2, -0.15) is 0 Å². The first-order valence-corrected chi connectivity index (χ1v) is 5.62. The second-order valence-electron chi connectivity index (χ2n) is 5.24. The number of hydrogen-bond donors (Lipinski definition) is 0. The lowest BCUT2D eigenvalue weighted by molar-refractivity contribution is -0.129. The van der Waals surface area contributed by atoms with E-state index in [-0.39, 0.29) is 5.78 Å². The molecule has 14 heavy (non-hydrogen) atoms. The van der Waals surface area contributed by atoms with E-state index in [4.69, 9.17) is 0 Å². The molecular weight excluding hydrogens is 179 g/mol. The van der Waals surface area contributed by atoms with Gasteiger partial charge in [0.1, 0.15) is 0 Å². The molecule has 1 aliphatic rings. The minimum atomic E-state index is -1.64. The van der Waals surface area contributed by atoms with Crippen LogP contribution in [0.25, 0.3) is 0 Å². The highest BCUT2D eigenvalue weighted by molar-refractivity contribution is 5.86. The van der Waals surface area contributed by atoms with Gasteiger partial charge in [-0.15, -0.1) is 0 Å². The minimum Gasteiger partial charge on any atom is -0.296 e. The van der Waals surface area contributed by atoms with Gasteiger partial charge >= 0.3 is 0 Å². The van der Waals surface area contributed by atoms with Crippen LogP contribution in [0.5, 0.6) is 0 Å². The summed E-state index contributed by atoms with van der Waals surface area (Å²) in [7, 11) is 0. The lowest BCUT2D eigenvalue weighted by Gasteiger charge is -2.27. The highest BCUT2D eigenvalue weighted by atomic mass is 19.1. The fourth-order valence-electron chi connectivity index (χ4n) is 2.25. The molecule has 0 saturated heterocycles. The van der Waals surface area contributed by atoms with Gasteiger partial charge in [0.05, 0.1) is 0 Å². The molecule has 2 heteroatoms. The molecule has 1 rings (SSSR count). The van der Waals surface area contributed by atoms with Crippen LogP contribution < -0.4 is 0 Å². The van der Waals surface area contributed by atoms with Crippen molar-refractivity contribution < 1.29 is 9.18 Å². The second-order valence-corrected chi connectivity index (χ2v) is 5.24. The molecule has 0 heterocycles. The maximum absolute atomic E-state index is 13.3. The van der Waals surface area contributed by atoms with Crippen LogP contribution in [0.2, 0.25) is 0 Å². The van der Waals surface area contributed by atoms with Crippen molar-refractivity contribution in [1.82, 2.24) is 0 Å². The Morgan fingerprint density at radius 2 is 2.07 bits per heavy atom. The SMILES string of the molecule is CC1CCCC(CC(=O)C(C)(C)F)C1. The van der Waals surface area contributed by atoms with Crippen LogP contribution in [0.15, 0.2) is 0 Å². The summed E-state index contributed by atoms with van der Waals surface area (Å²) in [5.74, 6) is 0.919. The summed E-state index contributed by atoms with van der Waals surface area (Å²) in [6.45, 7) is 4.94. The van der Waals surface area contributed by atoms with E-state index >= 15 is 0 Å². The van der Waals surface area contributed by atoms with Crippen molar-refractivity contribution in [3.63, 3.8) is 0 Å². The van der Waals surface area contributed by atoms with Crippen molar-refractivity contribution >= 4 is 5.78 Å². The molecule has 1 nitrogen and oxygen atoms in total. The Hall–Kier alpha value is -0.400. The third kappa shape index (κ3) is 3.39. The molecule has 1 aliphatic carbocycles. The largest absolute Gasteiger partial charge is 0.296 e. The molecule has 0 aromatic carbocycles. The molecular formula is C12H21FO. The van der Waals surface area contributed by atoms with E-state index in [2.05, 4.69) is 6.92 Å². The first-order valence-electron chi connectivity index (χ1n) is 5.62. The summed E-state index contributed by atoms with van der Waals surface area (Å²) in [4.78, 5) is 11.5. The summed E-state index contributed by atoms with van der Waals surface area (Å²) in [6.07, 6.45) is 5.11. The third-order valence-electron chi connectivity index (χ3n) is 3.18. The maximum Gasteiger partial charge on any atom is 0.169 e. The number of ketones is 1. The molecule has 2 unspecified atom stereocenters. The summed E-state index contributed by atoms with van der Waals surface area (Å²) < 4.78 is 13.3. The van der Waals surface area contributed by atoms with Crippen LogP contribution in [0.1, 0.15) is 52.9 Å². The highest BCUT2D eigenvalue weighted by Gasteiger charge is 2.30. The van der Waals surface area contributed by atoms with Crippen LogP contribution in [0.4, 0.5) is 4.39 Å². The number of carbonyl (C=O) groups excluding carboxylic acids is 1. The zero-order valence-electron chi connectivity index (χ0n) is 9.48. The van der Waals surface area contributed by atoms with Crippen LogP contribution in [-0.4, -0.2) is 11.5 Å². The Bertz CT molecular complexity index is 205. The van der Waals surface area contributed by atoms with Crippen LogP contribution >= 0.6 is 0 Å². The number of halogens is 1. The average Bonchev–Trinajstić information content (AvgIpc) is 2.02. The summed E-state index contributed by atoms with van der Waals surface area (Å²) in [6, 6.07) is 0. The monoisotopic (exact) mass is 200 g/mol. The molecule has 0 radical (unpaired) electrons. The first kappa shape index (κ1) is 11.7. The van der Waals surface area contributed by atoms with Gasteiger partial charge in [0, 0.05) is 6.42 Å². The predicted octanol–water partition coefficient (Wildman–Crippen LogP) is 3.52. The standard InChI is InChI=1S/C12H21FO/c1-9-5-4-6-10(7-9)8-11(14)12(2,3)13/h9-10H,4-8H2,1-3H3. The predicted molar refractivity (Wildman–Crippen MR) is 55.9 cm³/mol. The molecule has 0 N–H and O–H groups in total. The first-order chi connectivity index (χ1) is 6.39. The number of rotatable bonds is 3. The van der Waals surface area contributed by atoms with Gasteiger partial charge in [0.15, 0.2) is 11.5 Å². The van der Waals surface area contributed by atoms with Gasteiger partial charge in [-0.25, -0.2) is 4.39 Å². The molecule has 0 amide bonds. The van der Waals surface area contributed by atoms with E-state index in [9.17, 15) is 9.18 Å². The number of alkyl halides is 1. The molecule has 1 fully saturated rings. The van der Waals surface area contributed by atoms with Crippen molar-refractivity contribution in [2.24, 2.45) is 11.8 Å². The Kier molecular flexibility index (Phi) is 3.68. The van der Waals surface area contributed by atoms with E-state index in [1.165, 1.54) is 26.7 Å². The fourth-order valence-corrected chi connectivity index (χ4v) is 2.25. The summed E-state index contributed by atoms with van der Waals surface area (Å²) in [5.41, 5.74) is -1.64. The van der Waals surface area contributed by atoms with E-state index in [1.54, 1.807) is 0 Å². The zero-order valence-corrected chi connectivity index (χ0v) is 9.48. The topological polar surface area (TPSA) is 17.1 Å². The lowest BCUT2D eigenvalue weighted by Crippen LogP contribution is -2.29. The highest BCUT2D eigenvalue weighted by Crippen LogP contribution is 2.32. The van der Waals surface area contributed by atoms with Gasteiger partial charge in [0.25, 0.3) is 0 Å². The van der Waals surface area contributed by atoms with Gasteiger partial charge < -0.3 is 0 Å². The Morgan fingerprint density at radius 1 is 1.43 bits per heavy atom. The molecule has 0 aliphatic heterocycles. The maximum atomic E-state index is 13.3. The molecule has 0 aromatic rings. The van der Waals surface area contributed by atoms with E-state index in [1.807, 2.05) is 0 Å². The van der Waals surface area contributed by atoms with Gasteiger partial charge in [-0.1, -0.05) is 26.2 Å². The average molecular weight is 200 g/mol. The van der Waals surface area contributed by atoms with Crippen molar-refractivity contribution in [2.75, 3.05) is 0 Å². The molecule has 1 saturated carbocycles. The van der Waals surface area contributed by atoms with Crippen molar-refractivity contribution in [3.8, 4) is 0 Å². The second kappa shape index (κ2) is 4.41. The Morgan fingerprint density at radius 3 is 2.57 bits per heavy atom. The van der Waals surface area contributed by atoms with E-state index in [0.29, 0.717) is 18.3 Å². The van der Waals surface area contributed by atoms with E-state index < -0.39 is 5.67 Å². The summed E-state index contributed by atoms with van der Waals surface area (Å²) >= 11 is 0. The Labute approximate surface area is 86.1 Å². The van der Waals surface area contributed by atoms with Gasteiger partial charge in [-0.05, 0) is 32.1 Å². The quantitative estimate of drug-likeness (QED) is 0.681. The smallest absolute Gasteiger partial charge is 0.169 e.